The lowest BCUT2D eigenvalue weighted by Crippen LogP contribution is -3.14. The Balaban J connectivity index is 1.72. The molecule has 1 aromatic carbocycles. The van der Waals surface area contributed by atoms with Crippen molar-refractivity contribution in [3.05, 3.63) is 29.8 Å². The highest BCUT2D eigenvalue weighted by Gasteiger charge is 2.18. The van der Waals surface area contributed by atoms with Gasteiger partial charge < -0.3 is 20.5 Å². The zero-order valence-electron chi connectivity index (χ0n) is 12.4. The number of likely N-dealkylation sites (tertiary alicyclic amines) is 1. The second kappa shape index (κ2) is 8.00. The summed E-state index contributed by atoms with van der Waals surface area (Å²) in [6.07, 6.45) is 3.62. The fourth-order valence-electron chi connectivity index (χ4n) is 2.75. The van der Waals surface area contributed by atoms with Crippen LogP contribution in [-0.4, -0.2) is 43.4 Å². The summed E-state index contributed by atoms with van der Waals surface area (Å²) in [6.45, 7) is 3.36. The van der Waals surface area contributed by atoms with Gasteiger partial charge in [-0.3, -0.25) is 4.79 Å². The first-order valence-corrected chi connectivity index (χ1v) is 7.65. The van der Waals surface area contributed by atoms with Gasteiger partial charge in [-0.2, -0.15) is 0 Å². The van der Waals surface area contributed by atoms with E-state index < -0.39 is 6.10 Å². The summed E-state index contributed by atoms with van der Waals surface area (Å²) in [5.74, 6) is 0.361. The summed E-state index contributed by atoms with van der Waals surface area (Å²) >= 11 is 0. The van der Waals surface area contributed by atoms with E-state index in [1.165, 1.54) is 24.2 Å². The van der Waals surface area contributed by atoms with Gasteiger partial charge in [0.2, 0.25) is 5.91 Å². The van der Waals surface area contributed by atoms with Gasteiger partial charge in [0, 0.05) is 0 Å². The number of amides is 1. The number of ether oxygens (including phenoxy) is 1. The summed E-state index contributed by atoms with van der Waals surface area (Å²) in [6, 6.07) is 7.25. The van der Waals surface area contributed by atoms with Gasteiger partial charge in [0.15, 0.2) is 0 Å². The lowest BCUT2D eigenvalue weighted by atomic mass is 10.1. The van der Waals surface area contributed by atoms with E-state index in [1.807, 2.05) is 12.1 Å². The van der Waals surface area contributed by atoms with Crippen LogP contribution in [0.15, 0.2) is 24.3 Å². The molecule has 4 N–H and O–H groups in total. The maximum Gasteiger partial charge on any atom is 0.221 e. The lowest BCUT2D eigenvalue weighted by molar-refractivity contribution is -0.908. The summed E-state index contributed by atoms with van der Waals surface area (Å²) < 4.78 is 5.59. The molecule has 5 heteroatoms. The van der Waals surface area contributed by atoms with E-state index >= 15 is 0 Å². The van der Waals surface area contributed by atoms with Gasteiger partial charge in [-0.15, -0.1) is 0 Å². The average molecular weight is 293 g/mol. The smallest absolute Gasteiger partial charge is 0.221 e. The second-order valence-corrected chi connectivity index (χ2v) is 5.77. The van der Waals surface area contributed by atoms with Crippen LogP contribution in [0.4, 0.5) is 0 Å². The molecule has 1 aliphatic rings. The number of carbonyl (C=O) groups is 1. The molecule has 0 aromatic heterocycles. The molecule has 21 heavy (non-hydrogen) atoms. The van der Waals surface area contributed by atoms with E-state index in [0.717, 1.165) is 25.2 Å². The van der Waals surface area contributed by atoms with E-state index in [2.05, 4.69) is 0 Å². The Morgan fingerprint density at radius 2 is 1.90 bits per heavy atom. The van der Waals surface area contributed by atoms with Crippen LogP contribution in [0.1, 0.15) is 24.8 Å². The SMILES string of the molecule is NC(=O)Cc1ccc(OC[C@H](O)C[NH+]2CCCCC2)cc1. The Morgan fingerprint density at radius 3 is 2.52 bits per heavy atom. The van der Waals surface area contributed by atoms with Crippen LogP contribution in [0.2, 0.25) is 0 Å². The summed E-state index contributed by atoms with van der Waals surface area (Å²) in [5.41, 5.74) is 6.01. The number of aliphatic hydroxyl groups excluding tert-OH is 1. The van der Waals surface area contributed by atoms with Crippen molar-refractivity contribution < 1.29 is 19.5 Å². The van der Waals surface area contributed by atoms with Crippen molar-refractivity contribution in [1.82, 2.24) is 0 Å². The van der Waals surface area contributed by atoms with Crippen LogP contribution < -0.4 is 15.4 Å². The number of hydrogen-bond acceptors (Lipinski definition) is 3. The van der Waals surface area contributed by atoms with Crippen molar-refractivity contribution in [2.24, 2.45) is 5.73 Å². The van der Waals surface area contributed by atoms with Gasteiger partial charge in [0.25, 0.3) is 0 Å². The highest BCUT2D eigenvalue weighted by molar-refractivity contribution is 5.76. The minimum atomic E-state index is -0.441. The molecule has 0 unspecified atom stereocenters. The first-order valence-electron chi connectivity index (χ1n) is 7.65. The van der Waals surface area contributed by atoms with E-state index in [-0.39, 0.29) is 12.3 Å². The number of quaternary nitrogens is 1. The quantitative estimate of drug-likeness (QED) is 0.636. The Kier molecular flexibility index (Phi) is 6.02. The van der Waals surface area contributed by atoms with Gasteiger partial charge in [0.1, 0.15) is 25.0 Å². The largest absolute Gasteiger partial charge is 0.491 e. The number of benzene rings is 1. The first-order chi connectivity index (χ1) is 10.1. The number of rotatable bonds is 7. The molecular formula is C16H25N2O3+. The zero-order valence-corrected chi connectivity index (χ0v) is 12.4. The van der Waals surface area contributed by atoms with Crippen molar-refractivity contribution in [2.75, 3.05) is 26.2 Å². The maximum absolute atomic E-state index is 10.8. The molecule has 1 aromatic rings. The maximum atomic E-state index is 10.8. The van der Waals surface area contributed by atoms with Gasteiger partial charge >= 0.3 is 0 Å². The Morgan fingerprint density at radius 1 is 1.24 bits per heavy atom. The molecule has 1 atom stereocenters. The number of carbonyl (C=O) groups excluding carboxylic acids is 1. The van der Waals surface area contributed by atoms with Gasteiger partial charge in [-0.1, -0.05) is 12.1 Å². The van der Waals surface area contributed by atoms with Crippen molar-refractivity contribution in [3.63, 3.8) is 0 Å². The van der Waals surface area contributed by atoms with Crippen LogP contribution >= 0.6 is 0 Å². The highest BCUT2D eigenvalue weighted by atomic mass is 16.5. The van der Waals surface area contributed by atoms with Gasteiger partial charge in [-0.25, -0.2) is 0 Å². The second-order valence-electron chi connectivity index (χ2n) is 5.77. The minimum Gasteiger partial charge on any atom is -0.491 e. The molecular weight excluding hydrogens is 268 g/mol. The van der Waals surface area contributed by atoms with Crippen molar-refractivity contribution in [2.45, 2.75) is 31.8 Å². The van der Waals surface area contributed by atoms with Crippen LogP contribution in [0, 0.1) is 0 Å². The molecule has 5 nitrogen and oxygen atoms in total. The molecule has 1 amide bonds. The number of nitrogens with one attached hydrogen (secondary N) is 1. The van der Waals surface area contributed by atoms with Crippen LogP contribution in [-0.2, 0) is 11.2 Å². The fourth-order valence-corrected chi connectivity index (χ4v) is 2.75. The molecule has 0 saturated carbocycles. The zero-order chi connectivity index (χ0) is 15.1. The molecule has 1 fully saturated rings. The highest BCUT2D eigenvalue weighted by Crippen LogP contribution is 2.12. The van der Waals surface area contributed by atoms with E-state index in [1.54, 1.807) is 12.1 Å². The number of piperidine rings is 1. The monoisotopic (exact) mass is 293 g/mol. The van der Waals surface area contributed by atoms with Crippen LogP contribution in [0.5, 0.6) is 5.75 Å². The number of aliphatic hydroxyl groups is 1. The van der Waals surface area contributed by atoms with Crippen LogP contribution in [0.3, 0.4) is 0 Å². The summed E-state index contributed by atoms with van der Waals surface area (Å²) in [7, 11) is 0. The lowest BCUT2D eigenvalue weighted by Gasteiger charge is -2.25. The number of primary amides is 1. The van der Waals surface area contributed by atoms with Crippen molar-refractivity contribution >= 4 is 5.91 Å². The van der Waals surface area contributed by atoms with Crippen LogP contribution in [0.25, 0.3) is 0 Å². The standard InChI is InChI=1S/C16H24N2O3/c17-16(20)10-13-4-6-15(7-5-13)21-12-14(19)11-18-8-2-1-3-9-18/h4-7,14,19H,1-3,8-12H2,(H2,17,20)/p+1/t14-/m1/s1. The molecule has 1 aliphatic heterocycles. The van der Waals surface area contributed by atoms with E-state index in [4.69, 9.17) is 10.5 Å². The third-order valence-corrected chi connectivity index (χ3v) is 3.83. The minimum absolute atomic E-state index is 0.237. The molecule has 0 radical (unpaired) electrons. The average Bonchev–Trinajstić information content (AvgIpc) is 2.47. The Hall–Kier alpha value is -1.59. The number of nitrogens with two attached hydrogens (primary N) is 1. The van der Waals surface area contributed by atoms with E-state index in [0.29, 0.717) is 12.4 Å². The third kappa shape index (κ3) is 5.73. The predicted molar refractivity (Wildman–Crippen MR) is 80.3 cm³/mol. The van der Waals surface area contributed by atoms with Gasteiger partial charge in [0.05, 0.1) is 19.5 Å². The Labute approximate surface area is 125 Å². The van der Waals surface area contributed by atoms with Gasteiger partial charge in [-0.05, 0) is 37.0 Å². The van der Waals surface area contributed by atoms with E-state index in [9.17, 15) is 9.90 Å². The normalized spacial score (nSPS) is 17.4. The van der Waals surface area contributed by atoms with Crippen molar-refractivity contribution in [3.8, 4) is 5.75 Å². The Bertz CT molecular complexity index is 441. The molecule has 0 aliphatic carbocycles. The fraction of sp³-hybridized carbons (Fsp3) is 0.562. The topological polar surface area (TPSA) is 77.0 Å². The van der Waals surface area contributed by atoms with Crippen molar-refractivity contribution in [1.29, 1.82) is 0 Å². The molecule has 1 heterocycles. The predicted octanol–water partition coefficient (Wildman–Crippen LogP) is -0.477. The molecule has 2 rings (SSSR count). The number of hydrogen-bond donors (Lipinski definition) is 3. The molecule has 0 bridgehead atoms. The summed E-state index contributed by atoms with van der Waals surface area (Å²) in [4.78, 5) is 12.3. The summed E-state index contributed by atoms with van der Waals surface area (Å²) in [5, 5.41) is 10.0. The third-order valence-electron chi connectivity index (χ3n) is 3.83. The molecule has 1 saturated heterocycles. The molecule has 116 valence electrons. The molecule has 0 spiro atoms. The first kappa shape index (κ1) is 15.8.